The van der Waals surface area contributed by atoms with Crippen molar-refractivity contribution in [1.82, 2.24) is 15.4 Å². The topological polar surface area (TPSA) is 110 Å². The van der Waals surface area contributed by atoms with Crippen LogP contribution < -0.4 is 29.6 Å². The van der Waals surface area contributed by atoms with E-state index in [4.69, 9.17) is 14.2 Å². The lowest BCUT2D eigenvalue weighted by atomic mass is 10.2. The number of nitrogens with zero attached hydrogens (tertiary/aromatic N) is 1. The van der Waals surface area contributed by atoms with Crippen LogP contribution in [0.1, 0.15) is 12.0 Å². The Kier molecular flexibility index (Phi) is 9.00. The zero-order valence-electron chi connectivity index (χ0n) is 15.9. The molecule has 0 aliphatic rings. The minimum Gasteiger partial charge on any atom is -0.493 e. The molecular weight excluding hydrogens is 360 g/mol. The summed E-state index contributed by atoms with van der Waals surface area (Å²) >= 11 is 0. The van der Waals surface area contributed by atoms with E-state index in [-0.39, 0.29) is 0 Å². The summed E-state index contributed by atoms with van der Waals surface area (Å²) in [7, 11) is 3.21. The smallest absolute Gasteiger partial charge is 0.208 e. The first-order valence-corrected chi connectivity index (χ1v) is 9.91. The van der Waals surface area contributed by atoms with Crippen LogP contribution in [0.15, 0.2) is 17.1 Å². The zero-order chi connectivity index (χ0) is 19.6. The first-order valence-electron chi connectivity index (χ1n) is 8.02. The second kappa shape index (κ2) is 10.7. The van der Waals surface area contributed by atoms with E-state index in [1.807, 2.05) is 12.1 Å². The van der Waals surface area contributed by atoms with Crippen LogP contribution in [0.3, 0.4) is 0 Å². The van der Waals surface area contributed by atoms with Crippen LogP contribution in [-0.2, 0) is 16.6 Å². The summed E-state index contributed by atoms with van der Waals surface area (Å²) in [6.07, 6.45) is 1.77. The number of aliphatic imine (C=N–C) groups is 1. The Bertz CT molecular complexity index is 682. The molecule has 9 nitrogen and oxygen atoms in total. The highest BCUT2D eigenvalue weighted by molar-refractivity contribution is 7.88. The molecule has 0 heterocycles. The second-order valence-corrected chi connectivity index (χ2v) is 7.24. The molecule has 0 atom stereocenters. The number of guanidine groups is 1. The van der Waals surface area contributed by atoms with Gasteiger partial charge in [0.2, 0.25) is 15.8 Å². The normalized spacial score (nSPS) is 11.8. The molecule has 1 aromatic carbocycles. The molecule has 0 aliphatic heterocycles. The quantitative estimate of drug-likeness (QED) is 0.301. The Morgan fingerprint density at radius 2 is 1.65 bits per heavy atom. The number of nitrogens with one attached hydrogen (secondary N) is 3. The second-order valence-electron chi connectivity index (χ2n) is 5.41. The average Bonchev–Trinajstić information content (AvgIpc) is 2.61. The fraction of sp³-hybridized carbons (Fsp3) is 0.562. The number of hydrogen-bond donors (Lipinski definition) is 3. The lowest BCUT2D eigenvalue weighted by Crippen LogP contribution is -2.38. The Morgan fingerprint density at radius 3 is 2.12 bits per heavy atom. The summed E-state index contributed by atoms with van der Waals surface area (Å²) in [6, 6.07) is 3.72. The number of benzene rings is 1. The molecule has 10 heteroatoms. The van der Waals surface area contributed by atoms with Crippen molar-refractivity contribution in [3.63, 3.8) is 0 Å². The molecular formula is C16H28N4O5S. The summed E-state index contributed by atoms with van der Waals surface area (Å²) in [5.41, 5.74) is 0.932. The minimum absolute atomic E-state index is 0.371. The largest absolute Gasteiger partial charge is 0.493 e. The monoisotopic (exact) mass is 388 g/mol. The van der Waals surface area contributed by atoms with Crippen molar-refractivity contribution in [3.8, 4) is 17.2 Å². The van der Waals surface area contributed by atoms with Gasteiger partial charge in [-0.2, -0.15) is 0 Å². The molecule has 0 radical (unpaired) electrons. The molecule has 0 aromatic heterocycles. The molecule has 1 rings (SSSR count). The minimum atomic E-state index is -3.15. The highest BCUT2D eigenvalue weighted by Crippen LogP contribution is 2.38. The van der Waals surface area contributed by atoms with E-state index in [1.54, 1.807) is 28.4 Å². The van der Waals surface area contributed by atoms with Gasteiger partial charge in [-0.05, 0) is 24.1 Å². The van der Waals surface area contributed by atoms with Gasteiger partial charge in [0, 0.05) is 26.7 Å². The van der Waals surface area contributed by atoms with E-state index in [0.29, 0.717) is 49.3 Å². The number of sulfonamides is 1. The molecule has 0 bridgehead atoms. The summed E-state index contributed by atoms with van der Waals surface area (Å²) in [6.45, 7) is 1.45. The maximum atomic E-state index is 11.0. The van der Waals surface area contributed by atoms with Gasteiger partial charge in [0.15, 0.2) is 17.5 Å². The van der Waals surface area contributed by atoms with Gasteiger partial charge >= 0.3 is 0 Å². The summed E-state index contributed by atoms with van der Waals surface area (Å²) in [4.78, 5) is 4.14. The van der Waals surface area contributed by atoms with Gasteiger partial charge in [0.1, 0.15) is 0 Å². The fourth-order valence-corrected chi connectivity index (χ4v) is 2.71. The van der Waals surface area contributed by atoms with Crippen molar-refractivity contribution in [2.24, 2.45) is 4.99 Å². The van der Waals surface area contributed by atoms with Crippen molar-refractivity contribution < 1.29 is 22.6 Å². The molecule has 0 fully saturated rings. The third-order valence-corrected chi connectivity index (χ3v) is 4.15. The highest BCUT2D eigenvalue weighted by atomic mass is 32.2. The first-order chi connectivity index (χ1) is 12.3. The Balaban J connectivity index is 2.58. The van der Waals surface area contributed by atoms with Gasteiger partial charge in [-0.1, -0.05) is 0 Å². The number of hydrogen-bond acceptors (Lipinski definition) is 6. The SMILES string of the molecule is CN=C(NCCCNS(C)(=O)=O)NCc1cc(OC)c(OC)c(OC)c1. The molecule has 3 N–H and O–H groups in total. The van der Waals surface area contributed by atoms with Crippen LogP contribution in [-0.4, -0.2) is 62.1 Å². The lowest BCUT2D eigenvalue weighted by molar-refractivity contribution is 0.323. The molecule has 148 valence electrons. The van der Waals surface area contributed by atoms with Gasteiger partial charge in [0.25, 0.3) is 0 Å². The van der Waals surface area contributed by atoms with Crippen LogP contribution in [0.5, 0.6) is 17.2 Å². The predicted molar refractivity (Wildman–Crippen MR) is 102 cm³/mol. The number of rotatable bonds is 10. The summed E-state index contributed by atoms with van der Waals surface area (Å²) in [5.74, 6) is 2.31. The maximum Gasteiger partial charge on any atom is 0.208 e. The van der Waals surface area contributed by atoms with Gasteiger partial charge in [-0.25, -0.2) is 13.1 Å². The predicted octanol–water partition coefficient (Wildman–Crippen LogP) is 0.317. The van der Waals surface area contributed by atoms with E-state index in [1.165, 1.54) is 0 Å². The van der Waals surface area contributed by atoms with Gasteiger partial charge in [-0.15, -0.1) is 0 Å². The van der Waals surface area contributed by atoms with Crippen molar-refractivity contribution >= 4 is 16.0 Å². The van der Waals surface area contributed by atoms with Crippen molar-refractivity contribution in [3.05, 3.63) is 17.7 Å². The van der Waals surface area contributed by atoms with Crippen LogP contribution >= 0.6 is 0 Å². The van der Waals surface area contributed by atoms with E-state index in [2.05, 4.69) is 20.3 Å². The van der Waals surface area contributed by atoms with E-state index in [0.717, 1.165) is 11.8 Å². The Labute approximate surface area is 155 Å². The van der Waals surface area contributed by atoms with Gasteiger partial charge < -0.3 is 24.8 Å². The van der Waals surface area contributed by atoms with Crippen molar-refractivity contribution in [2.45, 2.75) is 13.0 Å². The molecule has 0 saturated heterocycles. The van der Waals surface area contributed by atoms with Crippen LogP contribution in [0.2, 0.25) is 0 Å². The third kappa shape index (κ3) is 7.36. The fourth-order valence-electron chi connectivity index (χ4n) is 2.20. The first kappa shape index (κ1) is 21.8. The highest BCUT2D eigenvalue weighted by Gasteiger charge is 2.13. The van der Waals surface area contributed by atoms with Crippen molar-refractivity contribution in [1.29, 1.82) is 0 Å². The van der Waals surface area contributed by atoms with Crippen molar-refractivity contribution in [2.75, 3.05) is 47.7 Å². The Hall–Kier alpha value is -2.20. The summed E-state index contributed by atoms with van der Waals surface area (Å²) in [5, 5.41) is 6.30. The molecule has 0 saturated carbocycles. The molecule has 1 aromatic rings. The number of methoxy groups -OCH3 is 3. The van der Waals surface area contributed by atoms with Gasteiger partial charge in [-0.3, -0.25) is 4.99 Å². The van der Waals surface area contributed by atoms with E-state index < -0.39 is 10.0 Å². The lowest BCUT2D eigenvalue weighted by Gasteiger charge is -2.16. The van der Waals surface area contributed by atoms with E-state index >= 15 is 0 Å². The zero-order valence-corrected chi connectivity index (χ0v) is 16.7. The standard InChI is InChI=1S/C16H28N4O5S/c1-17-16(18-7-6-8-20-26(5,21)22)19-11-12-9-13(23-2)15(25-4)14(10-12)24-3/h9-10,20H,6-8,11H2,1-5H3,(H2,17,18,19). The molecule has 26 heavy (non-hydrogen) atoms. The average molecular weight is 388 g/mol. The Morgan fingerprint density at radius 1 is 1.04 bits per heavy atom. The van der Waals surface area contributed by atoms with Crippen LogP contribution in [0.25, 0.3) is 0 Å². The summed E-state index contributed by atoms with van der Waals surface area (Å²) < 4.78 is 40.4. The maximum absolute atomic E-state index is 11.0. The molecule has 0 amide bonds. The van der Waals surface area contributed by atoms with Crippen LogP contribution in [0, 0.1) is 0 Å². The van der Waals surface area contributed by atoms with E-state index in [9.17, 15) is 8.42 Å². The molecule has 0 aliphatic carbocycles. The van der Waals surface area contributed by atoms with Gasteiger partial charge in [0.05, 0.1) is 27.6 Å². The molecule has 0 unspecified atom stereocenters. The number of ether oxygens (including phenoxy) is 3. The van der Waals surface area contributed by atoms with Crippen LogP contribution in [0.4, 0.5) is 0 Å². The third-order valence-electron chi connectivity index (χ3n) is 3.42. The molecule has 0 spiro atoms.